The van der Waals surface area contributed by atoms with Crippen LogP contribution in [0.3, 0.4) is 0 Å². The van der Waals surface area contributed by atoms with Crippen molar-refractivity contribution >= 4 is 11.6 Å². The van der Waals surface area contributed by atoms with Crippen LogP contribution in [-0.4, -0.2) is 28.3 Å². The first-order valence-electron chi connectivity index (χ1n) is 11.7. The van der Waals surface area contributed by atoms with Crippen LogP contribution in [0.15, 0.2) is 60.8 Å². The number of hydrogen-bond donors (Lipinski definition) is 2. The van der Waals surface area contributed by atoms with Gasteiger partial charge < -0.3 is 10.1 Å². The number of hydrogen-bond acceptors (Lipinski definition) is 4. The van der Waals surface area contributed by atoms with E-state index in [4.69, 9.17) is 0 Å². The third-order valence-corrected chi connectivity index (χ3v) is 6.19. The van der Waals surface area contributed by atoms with E-state index in [2.05, 4.69) is 20.5 Å². The molecule has 1 aliphatic rings. The Kier molecular flexibility index (Phi) is 7.27. The minimum atomic E-state index is -4.51. The van der Waals surface area contributed by atoms with Gasteiger partial charge in [-0.05, 0) is 75.2 Å². The quantitative estimate of drug-likeness (QED) is 0.385. The van der Waals surface area contributed by atoms with E-state index in [-0.39, 0.29) is 17.2 Å². The van der Waals surface area contributed by atoms with E-state index >= 15 is 0 Å². The molecule has 6 nitrogen and oxygen atoms in total. The minimum absolute atomic E-state index is 0.0499. The van der Waals surface area contributed by atoms with Crippen LogP contribution in [0, 0.1) is 0 Å². The fourth-order valence-corrected chi connectivity index (χ4v) is 4.36. The SMILES string of the molecule is CC(C)(C)n1ccc(C2C[C@@H](C(=O)Nc3ccc(OC(F)F)cc3)N[C@H]2c2cccc(C(F)(F)F)c2)n1. The van der Waals surface area contributed by atoms with Crippen molar-refractivity contribution in [3.63, 3.8) is 0 Å². The number of amides is 1. The van der Waals surface area contributed by atoms with E-state index in [1.165, 1.54) is 30.3 Å². The number of alkyl halides is 5. The van der Waals surface area contributed by atoms with Crippen molar-refractivity contribution in [2.75, 3.05) is 5.32 Å². The zero-order valence-corrected chi connectivity index (χ0v) is 20.4. The van der Waals surface area contributed by atoms with E-state index in [1.807, 2.05) is 33.0 Å². The van der Waals surface area contributed by atoms with Gasteiger partial charge in [-0.3, -0.25) is 14.8 Å². The lowest BCUT2D eigenvalue weighted by molar-refractivity contribution is -0.137. The van der Waals surface area contributed by atoms with Gasteiger partial charge in [0.15, 0.2) is 0 Å². The van der Waals surface area contributed by atoms with Gasteiger partial charge in [0.2, 0.25) is 5.91 Å². The smallest absolute Gasteiger partial charge is 0.416 e. The third kappa shape index (κ3) is 6.27. The molecular weight excluding hydrogens is 495 g/mol. The second-order valence-corrected chi connectivity index (χ2v) is 9.91. The molecule has 0 bridgehead atoms. The summed E-state index contributed by atoms with van der Waals surface area (Å²) >= 11 is 0. The van der Waals surface area contributed by atoms with Gasteiger partial charge in [-0.2, -0.15) is 27.1 Å². The summed E-state index contributed by atoms with van der Waals surface area (Å²) in [4.78, 5) is 13.1. The maximum Gasteiger partial charge on any atom is 0.416 e. The van der Waals surface area contributed by atoms with Crippen molar-refractivity contribution in [2.45, 2.75) is 63.5 Å². The van der Waals surface area contributed by atoms with Crippen LogP contribution >= 0.6 is 0 Å². The molecule has 0 spiro atoms. The molecule has 0 radical (unpaired) electrons. The summed E-state index contributed by atoms with van der Waals surface area (Å²) in [5.41, 5.74) is 0.351. The Morgan fingerprint density at radius 1 is 1.11 bits per heavy atom. The highest BCUT2D eigenvalue weighted by molar-refractivity contribution is 5.95. The van der Waals surface area contributed by atoms with Gasteiger partial charge in [0.05, 0.1) is 22.8 Å². The lowest BCUT2D eigenvalue weighted by Crippen LogP contribution is -2.36. The molecule has 198 valence electrons. The number of nitrogens with one attached hydrogen (secondary N) is 2. The molecule has 2 N–H and O–H groups in total. The fraction of sp³-hybridized carbons (Fsp3) is 0.385. The second kappa shape index (κ2) is 10.1. The van der Waals surface area contributed by atoms with Crippen molar-refractivity contribution in [3.05, 3.63) is 77.6 Å². The predicted molar refractivity (Wildman–Crippen MR) is 127 cm³/mol. The average molecular weight is 523 g/mol. The average Bonchev–Trinajstić information content (AvgIpc) is 3.47. The summed E-state index contributed by atoms with van der Waals surface area (Å²) in [6, 6.07) is 11.0. The van der Waals surface area contributed by atoms with E-state index < -0.39 is 36.3 Å². The molecule has 2 heterocycles. The molecule has 1 saturated heterocycles. The van der Waals surface area contributed by atoms with Gasteiger partial charge in [-0.15, -0.1) is 0 Å². The molecule has 11 heteroatoms. The number of rotatable bonds is 6. The lowest BCUT2D eigenvalue weighted by Gasteiger charge is -2.21. The summed E-state index contributed by atoms with van der Waals surface area (Å²) in [5, 5.41) is 10.6. The van der Waals surface area contributed by atoms with Gasteiger partial charge >= 0.3 is 12.8 Å². The largest absolute Gasteiger partial charge is 0.435 e. The van der Waals surface area contributed by atoms with Crippen molar-refractivity contribution < 1.29 is 31.5 Å². The molecule has 2 aromatic carbocycles. The highest BCUT2D eigenvalue weighted by atomic mass is 19.4. The molecule has 1 unspecified atom stereocenters. The summed E-state index contributed by atoms with van der Waals surface area (Å²) in [5.74, 6) is -0.826. The Morgan fingerprint density at radius 2 is 1.81 bits per heavy atom. The minimum Gasteiger partial charge on any atom is -0.435 e. The normalized spacial score (nSPS) is 20.3. The van der Waals surface area contributed by atoms with Crippen LogP contribution < -0.4 is 15.4 Å². The number of carbonyl (C=O) groups excluding carboxylic acids is 1. The maximum atomic E-state index is 13.4. The highest BCUT2D eigenvalue weighted by Gasteiger charge is 2.41. The van der Waals surface area contributed by atoms with Gasteiger partial charge in [0.25, 0.3) is 0 Å². The van der Waals surface area contributed by atoms with Crippen LogP contribution in [0.4, 0.5) is 27.6 Å². The van der Waals surface area contributed by atoms with E-state index in [1.54, 1.807) is 10.7 Å². The lowest BCUT2D eigenvalue weighted by atomic mass is 9.90. The second-order valence-electron chi connectivity index (χ2n) is 9.91. The molecule has 3 aromatic rings. The monoisotopic (exact) mass is 522 g/mol. The molecule has 0 aliphatic carbocycles. The predicted octanol–water partition coefficient (Wildman–Crippen LogP) is 6.08. The number of benzene rings is 2. The Bertz CT molecular complexity index is 1230. The summed E-state index contributed by atoms with van der Waals surface area (Å²) in [6.07, 6.45) is -2.40. The van der Waals surface area contributed by atoms with Crippen LogP contribution in [-0.2, 0) is 16.5 Å². The Morgan fingerprint density at radius 3 is 2.41 bits per heavy atom. The topological polar surface area (TPSA) is 68.2 Å². The number of ether oxygens (including phenoxy) is 1. The standard InChI is InChI=1S/C26H27F5N4O2/c1-25(2,3)35-12-11-20(34-35)19-14-21(23(36)32-17-7-9-18(10-8-17)37-24(27)28)33-22(19)15-5-4-6-16(13-15)26(29,30)31/h4-13,19,21-22,24,33H,14H2,1-3H3,(H,32,36)/t19?,21-,22-/m0/s1. The molecule has 1 fully saturated rings. The number of nitrogens with zero attached hydrogens (tertiary/aromatic N) is 2. The maximum absolute atomic E-state index is 13.4. The van der Waals surface area contributed by atoms with E-state index in [9.17, 15) is 26.7 Å². The Labute approximate surface area is 210 Å². The first-order valence-corrected chi connectivity index (χ1v) is 11.7. The highest BCUT2D eigenvalue weighted by Crippen LogP contribution is 2.41. The summed E-state index contributed by atoms with van der Waals surface area (Å²) in [6.45, 7) is 2.98. The molecule has 4 rings (SSSR count). The van der Waals surface area contributed by atoms with Crippen molar-refractivity contribution in [3.8, 4) is 5.75 Å². The van der Waals surface area contributed by atoms with Gasteiger partial charge in [0.1, 0.15) is 5.75 Å². The van der Waals surface area contributed by atoms with Crippen molar-refractivity contribution in [1.82, 2.24) is 15.1 Å². The Hall–Kier alpha value is -3.47. The molecule has 1 amide bonds. The molecule has 0 saturated carbocycles. The van der Waals surface area contributed by atoms with E-state index in [0.29, 0.717) is 23.4 Å². The van der Waals surface area contributed by atoms with Crippen LogP contribution in [0.1, 0.15) is 56.0 Å². The molecule has 1 aromatic heterocycles. The molecule has 1 aliphatic heterocycles. The summed E-state index contributed by atoms with van der Waals surface area (Å²) in [7, 11) is 0. The van der Waals surface area contributed by atoms with Crippen molar-refractivity contribution in [2.24, 2.45) is 0 Å². The van der Waals surface area contributed by atoms with Crippen molar-refractivity contribution in [1.29, 1.82) is 0 Å². The Balaban J connectivity index is 1.59. The number of anilines is 1. The fourth-order valence-electron chi connectivity index (χ4n) is 4.36. The molecular formula is C26H27F5N4O2. The van der Waals surface area contributed by atoms with E-state index in [0.717, 1.165) is 12.1 Å². The number of halogens is 5. The van der Waals surface area contributed by atoms with Gasteiger partial charge in [-0.25, -0.2) is 0 Å². The molecule has 37 heavy (non-hydrogen) atoms. The van der Waals surface area contributed by atoms with Crippen LogP contribution in [0.5, 0.6) is 5.75 Å². The third-order valence-electron chi connectivity index (χ3n) is 6.19. The van der Waals surface area contributed by atoms with Crippen LogP contribution in [0.25, 0.3) is 0 Å². The molecule has 3 atom stereocenters. The van der Waals surface area contributed by atoms with Gasteiger partial charge in [0, 0.05) is 23.8 Å². The van der Waals surface area contributed by atoms with Crippen LogP contribution in [0.2, 0.25) is 0 Å². The number of carbonyl (C=O) groups is 1. The van der Waals surface area contributed by atoms with Gasteiger partial charge in [-0.1, -0.05) is 12.1 Å². The zero-order valence-electron chi connectivity index (χ0n) is 20.4. The number of aromatic nitrogens is 2. The first-order chi connectivity index (χ1) is 17.3. The summed E-state index contributed by atoms with van der Waals surface area (Å²) < 4.78 is 71.1. The first kappa shape index (κ1) is 26.6. The zero-order chi connectivity index (χ0) is 27.0.